The monoisotopic (exact) mass is 2240 g/mol. The van der Waals surface area contributed by atoms with Crippen LogP contribution in [0.3, 0.4) is 0 Å². The first-order chi connectivity index (χ1) is 50.9. The van der Waals surface area contributed by atoms with Gasteiger partial charge in [0.1, 0.15) is 5.75 Å². The predicted molar refractivity (Wildman–Crippen MR) is 459 cm³/mol. The fraction of sp³-hybridized carbons (Fsp3) is 0.0161. The summed E-state index contributed by atoms with van der Waals surface area (Å²) in [6.07, 6.45) is 0. The van der Waals surface area contributed by atoms with Crippen LogP contribution in [-0.4, -0.2) is 113 Å². The summed E-state index contributed by atoms with van der Waals surface area (Å²) < 4.78 is 126. The van der Waals surface area contributed by atoms with Gasteiger partial charge in [-0.1, -0.05) is 157 Å². The van der Waals surface area contributed by atoms with Crippen molar-refractivity contribution in [2.24, 2.45) is 5.34 Å². The molecule has 13 aromatic rings. The number of rotatable bonds is 4. The number of phenols is 1. The second-order valence-electron chi connectivity index (χ2n) is 19.7. The van der Waals surface area contributed by atoms with Crippen LogP contribution < -0.4 is 40.9 Å². The van der Waals surface area contributed by atoms with Gasteiger partial charge >= 0.3 is 103 Å². The quantitative estimate of drug-likeness (QED) is 0.0149. The summed E-state index contributed by atoms with van der Waals surface area (Å²) >= 11 is 21.7. The van der Waals surface area contributed by atoms with Crippen LogP contribution in [0.5, 0.6) is 5.75 Å². The van der Waals surface area contributed by atoms with Crippen LogP contribution in [0, 0.1) is 20.2 Å². The van der Waals surface area contributed by atoms with E-state index in [-0.39, 0.29) is 60.0 Å². The zero-order chi connectivity index (χ0) is 81.0. The van der Waals surface area contributed by atoms with Crippen molar-refractivity contribution in [2.75, 3.05) is 5.73 Å². The third-order valence-electron chi connectivity index (χ3n) is 12.9. The molecular formula is C62H53Br5Cl5N4NaO26S8Sn. The zero-order valence-electron chi connectivity index (χ0n) is 55.6. The van der Waals surface area contributed by atoms with Crippen LogP contribution in [0.25, 0.3) is 82.8 Å². The molecule has 30 nitrogen and oxygen atoms in total. The molecule has 2 atom stereocenters. The van der Waals surface area contributed by atoms with Gasteiger partial charge < -0.3 is 36.1 Å². The molecule has 10 aromatic carbocycles. The molecule has 0 spiro atoms. The van der Waals surface area contributed by atoms with Gasteiger partial charge in [-0.15, -0.1) is 56.7 Å². The number of benzene rings is 10. The zero-order valence-corrected chi connectivity index (χ0v) is 78.8. The van der Waals surface area contributed by atoms with Crippen molar-refractivity contribution in [3.8, 4) is 28.0 Å². The number of halogens is 10. The first-order valence-corrected chi connectivity index (χ1v) is 49.1. The summed E-state index contributed by atoms with van der Waals surface area (Å²) in [4.78, 5) is 34.0. The van der Waals surface area contributed by atoms with Gasteiger partial charge in [-0.2, -0.15) is 25.3 Å². The number of nitrogens with zero attached hydrogens (tertiary/aromatic N) is 2. The Hall–Kier alpha value is -3.95. The first kappa shape index (κ1) is 108. The van der Waals surface area contributed by atoms with E-state index in [1.54, 1.807) is 40.9 Å². The van der Waals surface area contributed by atoms with E-state index in [4.69, 9.17) is 84.5 Å². The van der Waals surface area contributed by atoms with Gasteiger partial charge in [-0.05, 0) is 137 Å². The van der Waals surface area contributed by atoms with E-state index >= 15 is 0 Å². The van der Waals surface area contributed by atoms with Gasteiger partial charge in [-0.25, -0.2) is 18.9 Å². The number of aromatic hydroxyl groups is 1. The van der Waals surface area contributed by atoms with Crippen molar-refractivity contribution in [1.29, 1.82) is 0 Å². The first-order valence-electron chi connectivity index (χ1n) is 27.9. The van der Waals surface area contributed by atoms with E-state index in [0.717, 1.165) is 82.7 Å². The Bertz CT molecular complexity index is 5480. The summed E-state index contributed by atoms with van der Waals surface area (Å²) in [6.45, 7) is 0.858. The van der Waals surface area contributed by atoms with Crippen molar-refractivity contribution in [3.63, 3.8) is 0 Å². The Balaban J connectivity index is 0. The van der Waals surface area contributed by atoms with E-state index in [9.17, 15) is 36.9 Å². The van der Waals surface area contributed by atoms with Crippen molar-refractivity contribution in [3.05, 3.63) is 237 Å². The summed E-state index contributed by atoms with van der Waals surface area (Å²) in [5.41, 5.74) is 11.4. The van der Waals surface area contributed by atoms with E-state index in [1.165, 1.54) is 67.9 Å². The predicted octanol–water partition coefficient (Wildman–Crippen LogP) is 16.8. The standard InChI is InChI=1S/C12H6BrNO3S.C12H8BrNS.2C12H7BrOS.C12H7BrS.C2H4O6S.Cl2.3ClH.H3NO3.HNO2.Na.2H2O4S.2H2O.Sn.H2/c13-7-1-3-9-10-4-2-8(14(15)16)6-12(10)18(17)11(9)5-7;2*13-7-1-3-9-10-4-2-8(14)6-12(10)15-11(9)5-7;13-8-5-6-10-9-3-1-2-4-11(9)15(14)12(10)7-8;13-8-5-6-10-9-3-1-2-4-11(9)14-12(10)7-8;1-2(3)7-9(5,6)8-4;1-2;;;;2-1-4-3;2-1-3;;2*1-5(2,3)4;;;;/h1-6H;1-6H,14H2;1-6,14H;1-7H;1-7H;4H,1H3;;3*1H;1-3H;(H,2,3);;2*(H2,1,2,3,4);2*1H2;;1H/q;;;;;;;;;;;;+1;;;;;+2;/p-3. The molecule has 2 aliphatic rings. The molecule has 0 amide bonds. The maximum Gasteiger partial charge on any atom is 1.00 e. The van der Waals surface area contributed by atoms with Gasteiger partial charge in [0.15, 0.2) is 0 Å². The number of thiophene rings is 3. The van der Waals surface area contributed by atoms with Crippen LogP contribution in [0.4, 0.5) is 11.4 Å². The van der Waals surface area contributed by atoms with Gasteiger partial charge in [0.2, 0.25) is 0 Å². The third-order valence-corrected chi connectivity index (χ3v) is 22.3. The minimum absolute atomic E-state index is 0. The number of hydrogen-bond acceptors (Lipinski definition) is 26. The van der Waals surface area contributed by atoms with Gasteiger partial charge in [0.25, 0.3) is 5.69 Å². The second-order valence-corrected chi connectivity index (χ2v) is 37.5. The maximum absolute atomic E-state index is 12.3. The van der Waals surface area contributed by atoms with Gasteiger partial charge in [0.05, 0.1) is 46.1 Å². The van der Waals surface area contributed by atoms with E-state index in [2.05, 4.69) is 194 Å². The number of carbonyl (C=O) groups is 1. The minimum Gasteiger partial charge on any atom is 0 e. The van der Waals surface area contributed by atoms with Crippen LogP contribution in [0.1, 0.15) is 8.35 Å². The Labute approximate surface area is 751 Å². The number of anilines is 1. The smallest absolute Gasteiger partial charge is 0 e. The maximum atomic E-state index is 12.3. The number of nitrogens with two attached hydrogens (primary N) is 1. The molecule has 0 saturated heterocycles. The Morgan fingerprint density at radius 3 is 1.24 bits per heavy atom. The van der Waals surface area contributed by atoms with Gasteiger partial charge in [0, 0.05) is 131 Å². The fourth-order valence-electron chi connectivity index (χ4n) is 9.20. The molecule has 0 bridgehead atoms. The van der Waals surface area contributed by atoms with Gasteiger partial charge in [-0.3, -0.25) is 38.3 Å². The summed E-state index contributed by atoms with van der Waals surface area (Å²) in [5.74, 6) is -0.753. The molecule has 50 heteroatoms. The number of non-ortho nitro benzene ring substituents is 1. The number of hydrogen-bond donors (Lipinski definition) is 10. The number of nitro benzene ring substituents is 1. The number of fused-ring (bicyclic) bond motifs is 15. The Morgan fingerprint density at radius 1 is 0.545 bits per heavy atom. The Kier molecular flexibility index (Phi) is 50.9. The molecule has 0 fully saturated rings. The molecule has 600 valence electrons. The molecule has 2 radical (unpaired) electrons. The molecule has 15 N–H and O–H groups in total. The largest absolute Gasteiger partial charge is 1.00 e. The SMILES string of the molecule is Brc1ccc2c(c1)sc1ccccc12.CC(=O)OS(=O)(=O)OO.Cl.ClCl.Nc1ccc2c(c1)sc1cc(Br)ccc12.O.O.O=N[O-].O=S(=O)(O)O.O=S(=O)(O)O.O=S1c2ccccc2-c2ccc(Br)cc21.O=[N+]([O-])c1ccc2c(c1)S(=O)c1cc(Br)ccc1-2.ONOO.Oc1ccc2c(c1)sc1cc(Br)ccc12.[Cl][Sn][Cl].[HH].[Na+]. The molecule has 5 heterocycles. The number of nitrogens with one attached hydrogen (secondary N) is 1. The molecule has 0 saturated carbocycles. The van der Waals surface area contributed by atoms with Crippen LogP contribution >= 0.6 is 166 Å². The molecular weight excluding hydrogens is 2190 g/mol. The number of nitro groups is 1. The average molecular weight is 2250 g/mol. The van der Waals surface area contributed by atoms with E-state index < -0.39 is 82.6 Å². The van der Waals surface area contributed by atoms with Crippen LogP contribution in [0.2, 0.25) is 0 Å². The van der Waals surface area contributed by atoms with Crippen molar-refractivity contribution in [2.45, 2.75) is 26.5 Å². The molecule has 3 aromatic heterocycles. The fourth-order valence-corrected chi connectivity index (χ4v) is 18.5. The van der Waals surface area contributed by atoms with Crippen molar-refractivity contribution >= 4 is 315 Å². The second kappa shape index (κ2) is 52.8. The molecule has 0 aliphatic carbocycles. The molecule has 2 aliphatic heterocycles. The molecule has 15 rings (SSSR count). The van der Waals surface area contributed by atoms with Crippen molar-refractivity contribution in [1.82, 2.24) is 5.64 Å². The van der Waals surface area contributed by atoms with Crippen LogP contribution in [-0.2, 0) is 71.1 Å². The molecule has 2 unspecified atom stereocenters. The van der Waals surface area contributed by atoms with E-state index in [0.29, 0.717) is 15.5 Å². The summed E-state index contributed by atoms with van der Waals surface area (Å²) in [5, 5.41) is 58.6. The number of nitrogen functional groups attached to an aromatic ring is 1. The van der Waals surface area contributed by atoms with Crippen molar-refractivity contribution < 1.29 is 138 Å². The number of carbonyl (C=O) groups excluding carboxylic acids is 1. The number of phenolic OH excluding ortho intramolecular Hbond substituents is 1. The topological polar surface area (TPSA) is 540 Å². The van der Waals surface area contributed by atoms with E-state index in [1.807, 2.05) is 96.3 Å². The third kappa shape index (κ3) is 34.9. The molecule has 112 heavy (non-hydrogen) atoms. The Morgan fingerprint density at radius 2 is 0.848 bits per heavy atom. The normalized spacial score (nSPS) is 11.8. The average Bonchev–Trinajstić information content (AvgIpc) is 1.68. The summed E-state index contributed by atoms with van der Waals surface area (Å²) in [7, 11) is 1.89. The summed E-state index contributed by atoms with van der Waals surface area (Å²) in [6, 6.07) is 63.0. The minimum atomic E-state index is -4.67. The van der Waals surface area contributed by atoms with Crippen LogP contribution in [0.15, 0.2) is 241 Å².